The van der Waals surface area contributed by atoms with E-state index < -0.39 is 0 Å². The number of thiocarbonyl (C=S) groups is 1. The van der Waals surface area contributed by atoms with E-state index in [0.29, 0.717) is 0 Å². The number of hydrogen-bond acceptors (Lipinski definition) is 3. The van der Waals surface area contributed by atoms with Gasteiger partial charge in [0.1, 0.15) is 0 Å². The molecular weight excluding hydrogens is 304 g/mol. The van der Waals surface area contributed by atoms with Crippen molar-refractivity contribution in [3.05, 3.63) is 66.0 Å². The van der Waals surface area contributed by atoms with Gasteiger partial charge in [-0.05, 0) is 29.4 Å². The highest BCUT2D eigenvalue weighted by molar-refractivity contribution is 7.80. The second-order valence-corrected chi connectivity index (χ2v) is 6.16. The Kier molecular flexibility index (Phi) is 5.56. The Morgan fingerprint density at radius 2 is 1.74 bits per heavy atom. The van der Waals surface area contributed by atoms with Crippen molar-refractivity contribution in [2.24, 2.45) is 0 Å². The zero-order valence-corrected chi connectivity index (χ0v) is 14.0. The fourth-order valence-corrected chi connectivity index (χ4v) is 3.00. The maximum atomic E-state index is 5.53. The van der Waals surface area contributed by atoms with E-state index in [-0.39, 0.29) is 0 Å². The Labute approximate surface area is 143 Å². The molecule has 1 aromatic carbocycles. The molecule has 120 valence electrons. The molecule has 0 bridgehead atoms. The van der Waals surface area contributed by atoms with Crippen molar-refractivity contribution in [3.8, 4) is 0 Å². The van der Waals surface area contributed by atoms with Crippen molar-refractivity contribution in [3.63, 3.8) is 0 Å². The van der Waals surface area contributed by atoms with E-state index in [9.17, 15) is 0 Å². The third-order valence-corrected chi connectivity index (χ3v) is 4.48. The Balaban J connectivity index is 1.42. The van der Waals surface area contributed by atoms with Crippen LogP contribution in [0, 0.1) is 0 Å². The minimum Gasteiger partial charge on any atom is -0.358 e. The fraction of sp³-hybridized carbons (Fsp3) is 0.333. The molecule has 2 aromatic rings. The number of hydrogen-bond donors (Lipinski definition) is 1. The summed E-state index contributed by atoms with van der Waals surface area (Å²) in [5.41, 5.74) is 2.52. The van der Waals surface area contributed by atoms with E-state index >= 15 is 0 Å². The van der Waals surface area contributed by atoms with Crippen LogP contribution in [0.1, 0.15) is 11.1 Å². The standard InChI is InChI=1S/C18H22N4S/c23-18(20-14-16-5-2-1-3-6-16)22-11-9-21(10-12-22)15-17-7-4-8-19-13-17/h1-8,13H,9-12,14-15H2,(H,20,23). The Bertz CT molecular complexity index is 609. The van der Waals surface area contributed by atoms with E-state index in [2.05, 4.69) is 50.4 Å². The number of pyridine rings is 1. The molecule has 0 amide bonds. The lowest BCUT2D eigenvalue weighted by Crippen LogP contribution is -2.51. The summed E-state index contributed by atoms with van der Waals surface area (Å²) >= 11 is 5.53. The van der Waals surface area contributed by atoms with Crippen LogP contribution in [0.3, 0.4) is 0 Å². The molecule has 1 saturated heterocycles. The van der Waals surface area contributed by atoms with Gasteiger partial charge in [-0.2, -0.15) is 0 Å². The molecule has 5 heteroatoms. The van der Waals surface area contributed by atoms with Crippen LogP contribution in [0.25, 0.3) is 0 Å². The van der Waals surface area contributed by atoms with Crippen molar-refractivity contribution in [1.82, 2.24) is 20.1 Å². The van der Waals surface area contributed by atoms with Crippen LogP contribution < -0.4 is 5.32 Å². The minimum absolute atomic E-state index is 0.787. The van der Waals surface area contributed by atoms with Crippen LogP contribution in [0.15, 0.2) is 54.9 Å². The van der Waals surface area contributed by atoms with Gasteiger partial charge in [0.25, 0.3) is 0 Å². The van der Waals surface area contributed by atoms with Crippen molar-refractivity contribution in [2.75, 3.05) is 26.2 Å². The molecule has 4 nitrogen and oxygen atoms in total. The summed E-state index contributed by atoms with van der Waals surface area (Å²) in [6.45, 7) is 5.76. The first-order chi connectivity index (χ1) is 11.3. The molecule has 0 spiro atoms. The van der Waals surface area contributed by atoms with Crippen LogP contribution >= 0.6 is 12.2 Å². The first kappa shape index (κ1) is 15.9. The maximum Gasteiger partial charge on any atom is 0.169 e. The first-order valence-corrected chi connectivity index (χ1v) is 8.40. The molecular formula is C18H22N4S. The van der Waals surface area contributed by atoms with Crippen LogP contribution in [0.5, 0.6) is 0 Å². The van der Waals surface area contributed by atoms with Gasteiger partial charge in [0.2, 0.25) is 0 Å². The van der Waals surface area contributed by atoms with Gasteiger partial charge >= 0.3 is 0 Å². The predicted molar refractivity (Wildman–Crippen MR) is 97.0 cm³/mol. The summed E-state index contributed by atoms with van der Waals surface area (Å²) in [7, 11) is 0. The summed E-state index contributed by atoms with van der Waals surface area (Å²) < 4.78 is 0. The number of nitrogens with zero attached hydrogens (tertiary/aromatic N) is 3. The van der Waals surface area contributed by atoms with Gasteiger partial charge in [0, 0.05) is 51.7 Å². The molecule has 2 heterocycles. The predicted octanol–water partition coefficient (Wildman–Crippen LogP) is 2.27. The molecule has 0 aliphatic carbocycles. The molecule has 0 saturated carbocycles. The summed E-state index contributed by atoms with van der Waals surface area (Å²) in [4.78, 5) is 8.89. The first-order valence-electron chi connectivity index (χ1n) is 7.99. The smallest absolute Gasteiger partial charge is 0.169 e. The van der Waals surface area contributed by atoms with Gasteiger partial charge in [0.05, 0.1) is 0 Å². The molecule has 1 N–H and O–H groups in total. The molecule has 0 atom stereocenters. The Morgan fingerprint density at radius 1 is 1.00 bits per heavy atom. The van der Waals surface area contributed by atoms with Crippen molar-refractivity contribution >= 4 is 17.3 Å². The van der Waals surface area contributed by atoms with Gasteiger partial charge < -0.3 is 10.2 Å². The Hall–Kier alpha value is -1.98. The van der Waals surface area contributed by atoms with Crippen LogP contribution in [-0.2, 0) is 13.1 Å². The highest BCUT2D eigenvalue weighted by Gasteiger charge is 2.18. The van der Waals surface area contributed by atoms with Crippen molar-refractivity contribution in [2.45, 2.75) is 13.1 Å². The molecule has 0 radical (unpaired) electrons. The summed E-state index contributed by atoms with van der Waals surface area (Å²) in [5.74, 6) is 0. The lowest BCUT2D eigenvalue weighted by molar-refractivity contribution is 0.174. The quantitative estimate of drug-likeness (QED) is 0.871. The van der Waals surface area contributed by atoms with Gasteiger partial charge in [0.15, 0.2) is 5.11 Å². The number of piperazine rings is 1. The lowest BCUT2D eigenvalue weighted by atomic mass is 10.2. The van der Waals surface area contributed by atoms with Gasteiger partial charge in [-0.3, -0.25) is 9.88 Å². The fourth-order valence-electron chi connectivity index (χ4n) is 2.74. The van der Waals surface area contributed by atoms with E-state index in [4.69, 9.17) is 12.2 Å². The number of aromatic nitrogens is 1. The topological polar surface area (TPSA) is 31.4 Å². The SMILES string of the molecule is S=C(NCc1ccccc1)N1CCN(Cc2cccnc2)CC1. The number of rotatable bonds is 4. The van der Waals surface area contributed by atoms with E-state index in [1.807, 2.05) is 24.5 Å². The normalized spacial score (nSPS) is 15.4. The minimum atomic E-state index is 0.787. The zero-order chi connectivity index (χ0) is 15.9. The largest absolute Gasteiger partial charge is 0.358 e. The van der Waals surface area contributed by atoms with Crippen LogP contribution in [-0.4, -0.2) is 46.1 Å². The lowest BCUT2D eigenvalue weighted by Gasteiger charge is -2.36. The molecule has 3 rings (SSSR count). The van der Waals surface area contributed by atoms with E-state index in [1.165, 1.54) is 11.1 Å². The summed E-state index contributed by atoms with van der Waals surface area (Å²) in [5, 5.41) is 4.22. The Morgan fingerprint density at radius 3 is 2.43 bits per heavy atom. The highest BCUT2D eigenvalue weighted by Crippen LogP contribution is 2.08. The summed E-state index contributed by atoms with van der Waals surface area (Å²) in [6.07, 6.45) is 3.76. The molecule has 1 aromatic heterocycles. The maximum absolute atomic E-state index is 5.53. The van der Waals surface area contributed by atoms with Crippen molar-refractivity contribution in [1.29, 1.82) is 0 Å². The van der Waals surface area contributed by atoms with Gasteiger partial charge in [-0.1, -0.05) is 36.4 Å². The zero-order valence-electron chi connectivity index (χ0n) is 13.2. The third kappa shape index (κ3) is 4.74. The van der Waals surface area contributed by atoms with Gasteiger partial charge in [-0.15, -0.1) is 0 Å². The third-order valence-electron chi connectivity index (χ3n) is 4.08. The molecule has 1 aliphatic heterocycles. The molecule has 1 aliphatic rings. The number of nitrogens with one attached hydrogen (secondary N) is 1. The van der Waals surface area contributed by atoms with Crippen LogP contribution in [0.2, 0.25) is 0 Å². The number of benzene rings is 1. The molecule has 0 unspecified atom stereocenters. The van der Waals surface area contributed by atoms with E-state index in [1.54, 1.807) is 0 Å². The second-order valence-electron chi connectivity index (χ2n) is 5.77. The second kappa shape index (κ2) is 8.04. The molecule has 1 fully saturated rings. The average Bonchev–Trinajstić information content (AvgIpc) is 2.62. The monoisotopic (exact) mass is 326 g/mol. The van der Waals surface area contributed by atoms with E-state index in [0.717, 1.165) is 44.4 Å². The highest BCUT2D eigenvalue weighted by atomic mass is 32.1. The average molecular weight is 326 g/mol. The summed E-state index contributed by atoms with van der Waals surface area (Å²) in [6, 6.07) is 14.5. The van der Waals surface area contributed by atoms with Crippen molar-refractivity contribution < 1.29 is 0 Å². The van der Waals surface area contributed by atoms with Gasteiger partial charge in [-0.25, -0.2) is 0 Å². The van der Waals surface area contributed by atoms with Crippen LogP contribution in [0.4, 0.5) is 0 Å². The molecule has 23 heavy (non-hydrogen) atoms.